The first-order valence-electron chi connectivity index (χ1n) is 3.18. The fourth-order valence-corrected chi connectivity index (χ4v) is 3.83. The van der Waals surface area contributed by atoms with Crippen molar-refractivity contribution in [3.05, 3.63) is 31.8 Å². The number of halogens is 2. The summed E-state index contributed by atoms with van der Waals surface area (Å²) in [4.78, 5) is 0. The zero-order valence-corrected chi connectivity index (χ0v) is 11.4. The van der Waals surface area contributed by atoms with Crippen LogP contribution in [0.1, 0.15) is 5.56 Å². The molecule has 0 bridgehead atoms. The van der Waals surface area contributed by atoms with Gasteiger partial charge in [0.25, 0.3) is 0 Å². The molecule has 1 aromatic rings. The first-order valence-corrected chi connectivity index (χ1v) is 6.46. The second kappa shape index (κ2) is 3.87. The van der Waals surface area contributed by atoms with Crippen molar-refractivity contribution in [1.29, 1.82) is 0 Å². The number of hydrogen-bond acceptors (Lipinski definition) is 0. The van der Waals surface area contributed by atoms with Crippen LogP contribution in [0.25, 0.3) is 0 Å². The summed E-state index contributed by atoms with van der Waals surface area (Å²) < 4.78 is 2.55. The summed E-state index contributed by atoms with van der Waals surface area (Å²) in [5, 5.41) is 0. The Labute approximate surface area is 86.1 Å². The molecule has 0 saturated heterocycles. The van der Waals surface area contributed by atoms with Gasteiger partial charge in [-0.2, -0.15) is 0 Å². The van der Waals surface area contributed by atoms with Crippen molar-refractivity contribution in [2.24, 2.45) is 0 Å². The van der Waals surface area contributed by atoms with Crippen LogP contribution >= 0.6 is 38.5 Å². The molecule has 3 heteroatoms. The van der Waals surface area contributed by atoms with E-state index in [0.29, 0.717) is 0 Å². The van der Waals surface area contributed by atoms with Crippen LogP contribution in [0, 0.1) is 3.57 Å². The fourth-order valence-electron chi connectivity index (χ4n) is 0.808. The van der Waals surface area contributed by atoms with Crippen molar-refractivity contribution in [2.45, 2.75) is 6.04 Å². The van der Waals surface area contributed by atoms with Gasteiger partial charge in [0.1, 0.15) is 0 Å². The zero-order valence-electron chi connectivity index (χ0n) is 5.70. The minimum atomic E-state index is 1.18. The smallest absolute Gasteiger partial charge is 0.0185 e. The molecule has 0 spiro atoms. The van der Waals surface area contributed by atoms with Crippen LogP contribution in [0.3, 0.4) is 0 Å². The van der Waals surface area contributed by atoms with Gasteiger partial charge in [0.15, 0.2) is 0 Å². The maximum absolute atomic E-state index is 3.43. The molecule has 0 aliphatic carbocycles. The Morgan fingerprint density at radius 1 is 1.50 bits per heavy atom. The Morgan fingerprint density at radius 2 is 2.20 bits per heavy atom. The summed E-state index contributed by atoms with van der Waals surface area (Å²) in [6.45, 7) is 0. The molecule has 0 aromatic heterocycles. The normalized spacial score (nSPS) is 10.2. The Bertz CT molecular complexity index is 237. The van der Waals surface area contributed by atoms with Gasteiger partial charge in [-0.1, -0.05) is 22.0 Å². The summed E-state index contributed by atoms with van der Waals surface area (Å²) in [5.41, 5.74) is 1.48. The molecule has 54 valence electrons. The van der Waals surface area contributed by atoms with Crippen LogP contribution in [-0.4, -0.2) is 10.2 Å². The van der Waals surface area contributed by atoms with E-state index >= 15 is 0 Å². The highest BCUT2D eigenvalue weighted by atomic mass is 127. The minimum absolute atomic E-state index is 1.18. The highest BCUT2D eigenvalue weighted by molar-refractivity contribution is 14.1. The highest BCUT2D eigenvalue weighted by Crippen LogP contribution is 2.17. The first-order chi connectivity index (χ1) is 4.74. The molecule has 0 nitrogen and oxygen atoms in total. The van der Waals surface area contributed by atoms with Gasteiger partial charge in [-0.05, 0) is 46.3 Å². The maximum atomic E-state index is 3.43. The molecule has 1 aromatic carbocycles. The summed E-state index contributed by atoms with van der Waals surface area (Å²) in [5.74, 6) is 0. The van der Waals surface area contributed by atoms with E-state index in [4.69, 9.17) is 0 Å². The lowest BCUT2D eigenvalue weighted by Gasteiger charge is -1.99. The minimum Gasteiger partial charge on any atom is -0.0572 e. The Morgan fingerprint density at radius 3 is 2.70 bits per heavy atom. The molecule has 0 unspecified atom stereocenters. The molecule has 0 saturated carbocycles. The van der Waals surface area contributed by atoms with Gasteiger partial charge in [-0.25, -0.2) is 0 Å². The summed E-state index contributed by atoms with van der Waals surface area (Å²) in [7, 11) is 1.25. The van der Waals surface area contributed by atoms with Crippen molar-refractivity contribution in [2.75, 3.05) is 0 Å². The molecular formula is C7H8BrISi. The summed E-state index contributed by atoms with van der Waals surface area (Å²) in [6.07, 6.45) is 0. The van der Waals surface area contributed by atoms with E-state index in [1.165, 1.54) is 29.9 Å². The van der Waals surface area contributed by atoms with Gasteiger partial charge in [-0.15, -0.1) is 0 Å². The molecule has 10 heavy (non-hydrogen) atoms. The van der Waals surface area contributed by atoms with E-state index < -0.39 is 0 Å². The molecule has 0 atom stereocenters. The van der Waals surface area contributed by atoms with Crippen molar-refractivity contribution < 1.29 is 0 Å². The van der Waals surface area contributed by atoms with Gasteiger partial charge >= 0.3 is 0 Å². The molecular weight excluding hydrogens is 319 g/mol. The fraction of sp³-hybridized carbons (Fsp3) is 0.143. The van der Waals surface area contributed by atoms with E-state index in [0.717, 1.165) is 0 Å². The van der Waals surface area contributed by atoms with Crippen LogP contribution in [0.2, 0.25) is 0 Å². The van der Waals surface area contributed by atoms with Gasteiger partial charge in [0, 0.05) is 18.3 Å². The van der Waals surface area contributed by atoms with Crippen LogP contribution in [0.4, 0.5) is 0 Å². The molecule has 0 heterocycles. The second-order valence-electron chi connectivity index (χ2n) is 2.09. The van der Waals surface area contributed by atoms with Gasteiger partial charge < -0.3 is 0 Å². The van der Waals surface area contributed by atoms with Crippen molar-refractivity contribution in [1.82, 2.24) is 0 Å². The average molecular weight is 327 g/mol. The first kappa shape index (κ1) is 8.74. The summed E-state index contributed by atoms with van der Waals surface area (Å²) in [6, 6.07) is 7.72. The Hall–Kier alpha value is 0.647. The van der Waals surface area contributed by atoms with Gasteiger partial charge in [0.2, 0.25) is 0 Å². The number of benzene rings is 1. The van der Waals surface area contributed by atoms with E-state index in [1.807, 2.05) is 0 Å². The topological polar surface area (TPSA) is 0 Å². The van der Waals surface area contributed by atoms with Gasteiger partial charge in [0.05, 0.1) is 0 Å². The van der Waals surface area contributed by atoms with E-state index in [-0.39, 0.29) is 0 Å². The second-order valence-corrected chi connectivity index (χ2v) is 4.87. The Kier molecular flexibility index (Phi) is 3.39. The zero-order chi connectivity index (χ0) is 7.56. The predicted octanol–water partition coefficient (Wildman–Crippen LogP) is 1.92. The molecule has 0 N–H and O–H groups in total. The average Bonchev–Trinajstić information content (AvgIpc) is 1.88. The van der Waals surface area contributed by atoms with Gasteiger partial charge in [-0.3, -0.25) is 0 Å². The largest absolute Gasteiger partial charge is 0.0572 e. The third-order valence-electron chi connectivity index (χ3n) is 1.40. The van der Waals surface area contributed by atoms with Crippen LogP contribution in [0.15, 0.2) is 22.7 Å². The highest BCUT2D eigenvalue weighted by Gasteiger charge is 1.95. The van der Waals surface area contributed by atoms with Crippen LogP contribution in [0.5, 0.6) is 0 Å². The molecule has 0 radical (unpaired) electrons. The quantitative estimate of drug-likeness (QED) is 0.546. The summed E-state index contributed by atoms with van der Waals surface area (Å²) >= 11 is 5.81. The predicted molar refractivity (Wildman–Crippen MR) is 60.5 cm³/mol. The maximum Gasteiger partial charge on any atom is 0.0185 e. The third kappa shape index (κ3) is 2.07. The Balaban J connectivity index is 3.07. The van der Waals surface area contributed by atoms with E-state index in [9.17, 15) is 0 Å². The third-order valence-corrected chi connectivity index (χ3v) is 3.66. The van der Waals surface area contributed by atoms with E-state index in [2.05, 4.69) is 56.7 Å². The molecule has 0 amide bonds. The molecule has 0 aliphatic rings. The molecule has 0 aliphatic heterocycles. The van der Waals surface area contributed by atoms with Crippen molar-refractivity contribution in [3.8, 4) is 0 Å². The lowest BCUT2D eigenvalue weighted by molar-refractivity contribution is 1.35. The molecule has 1 rings (SSSR count). The van der Waals surface area contributed by atoms with Crippen molar-refractivity contribution >= 4 is 48.8 Å². The van der Waals surface area contributed by atoms with Crippen LogP contribution < -0.4 is 0 Å². The number of hydrogen-bond donors (Lipinski definition) is 0. The monoisotopic (exact) mass is 326 g/mol. The lowest BCUT2D eigenvalue weighted by atomic mass is 10.2. The van der Waals surface area contributed by atoms with Crippen LogP contribution in [-0.2, 0) is 6.04 Å². The van der Waals surface area contributed by atoms with E-state index in [1.54, 1.807) is 0 Å². The molecule has 0 fully saturated rings. The van der Waals surface area contributed by atoms with Crippen molar-refractivity contribution in [3.63, 3.8) is 0 Å². The lowest BCUT2D eigenvalue weighted by Crippen LogP contribution is -1.87. The number of rotatable bonds is 1. The standard InChI is InChI=1S/C7H8BrISi/c8-6-2-1-5(4-10)7(9)3-6/h1-3H,4H2,10H3. The SMILES string of the molecule is [SiH3]Cc1ccc(Br)cc1I.